The molecule has 10 heteroatoms. The molecule has 1 aromatic carbocycles. The number of hydrogen-bond acceptors (Lipinski definition) is 6. The van der Waals surface area contributed by atoms with E-state index in [1.54, 1.807) is 40.1 Å². The number of piperazine rings is 1. The number of amidine groups is 1. The number of nitrogens with one attached hydrogen (secondary N) is 1. The quantitative estimate of drug-likeness (QED) is 0.765. The molecule has 2 aliphatic rings. The molecule has 2 aromatic rings. The number of nitrogens with zero attached hydrogens (tertiary/aromatic N) is 3. The highest BCUT2D eigenvalue weighted by molar-refractivity contribution is 7.90. The van der Waals surface area contributed by atoms with Crippen LogP contribution in [0.1, 0.15) is 30.0 Å². The summed E-state index contributed by atoms with van der Waals surface area (Å²) in [5.41, 5.74) is 0.467. The van der Waals surface area contributed by atoms with Crippen molar-refractivity contribution in [3.63, 3.8) is 0 Å². The van der Waals surface area contributed by atoms with Crippen molar-refractivity contribution < 1.29 is 22.4 Å². The number of carbonyl (C=O) groups is 2. The van der Waals surface area contributed by atoms with Gasteiger partial charge in [-0.15, -0.1) is 0 Å². The van der Waals surface area contributed by atoms with Gasteiger partial charge in [-0.25, -0.2) is 8.42 Å². The zero-order valence-corrected chi connectivity index (χ0v) is 18.1. The van der Waals surface area contributed by atoms with Crippen LogP contribution in [-0.4, -0.2) is 68.1 Å². The molecule has 1 aromatic heterocycles. The smallest absolute Gasteiger partial charge is 0.289 e. The SMILES string of the molecule is CC(C)[C@H](N=C1NS(=O)(=O)c2ccccc21)C(=O)N1CCN(C(=O)c2ccco2)CC1. The van der Waals surface area contributed by atoms with Crippen molar-refractivity contribution in [2.45, 2.75) is 24.8 Å². The minimum Gasteiger partial charge on any atom is -0.459 e. The summed E-state index contributed by atoms with van der Waals surface area (Å²) in [4.78, 5) is 33.7. The molecule has 164 valence electrons. The molecule has 0 spiro atoms. The standard InChI is InChI=1S/C21H24N4O5S/c1-14(2)18(22-19-15-6-3-4-8-17(15)31(28,29)23-19)21(27)25-11-9-24(10-12-25)20(26)16-7-5-13-30-16/h3-8,13-14,18H,9-12H2,1-2H3,(H,22,23)/t18-/m0/s1. The highest BCUT2D eigenvalue weighted by atomic mass is 32.2. The Morgan fingerprint density at radius 3 is 2.35 bits per heavy atom. The average Bonchev–Trinajstić information content (AvgIpc) is 3.38. The van der Waals surface area contributed by atoms with Crippen LogP contribution >= 0.6 is 0 Å². The summed E-state index contributed by atoms with van der Waals surface area (Å²) in [6, 6.07) is 9.11. The van der Waals surface area contributed by atoms with Crippen LogP contribution in [0.25, 0.3) is 0 Å². The van der Waals surface area contributed by atoms with Crippen LogP contribution in [-0.2, 0) is 14.8 Å². The number of amides is 2. The zero-order valence-electron chi connectivity index (χ0n) is 17.3. The minimum absolute atomic E-state index is 0.139. The predicted octanol–water partition coefficient (Wildman–Crippen LogP) is 1.33. The molecule has 31 heavy (non-hydrogen) atoms. The van der Waals surface area contributed by atoms with Gasteiger partial charge in [0.05, 0.1) is 11.2 Å². The van der Waals surface area contributed by atoms with E-state index in [0.717, 1.165) is 0 Å². The summed E-state index contributed by atoms with van der Waals surface area (Å²) in [7, 11) is -3.67. The molecule has 1 N–H and O–H groups in total. The second kappa shape index (κ2) is 8.18. The maximum atomic E-state index is 13.2. The summed E-state index contributed by atoms with van der Waals surface area (Å²) in [6.07, 6.45) is 1.45. The summed E-state index contributed by atoms with van der Waals surface area (Å²) in [5.74, 6) is -0.0568. The zero-order chi connectivity index (χ0) is 22.2. The maximum absolute atomic E-state index is 13.2. The first kappa shape index (κ1) is 21.1. The highest BCUT2D eigenvalue weighted by Gasteiger charge is 2.35. The Bertz CT molecular complexity index is 1120. The van der Waals surface area contributed by atoms with Crippen LogP contribution in [0, 0.1) is 5.92 Å². The third-order valence-corrected chi connectivity index (χ3v) is 6.82. The Hall–Kier alpha value is -3.14. The van der Waals surface area contributed by atoms with Gasteiger partial charge in [-0.05, 0) is 30.2 Å². The minimum atomic E-state index is -3.67. The van der Waals surface area contributed by atoms with Gasteiger partial charge in [0.2, 0.25) is 5.91 Å². The average molecular weight is 445 g/mol. The molecule has 0 bridgehead atoms. The number of aliphatic imine (C=N–C) groups is 1. The predicted molar refractivity (Wildman–Crippen MR) is 113 cm³/mol. The van der Waals surface area contributed by atoms with Crippen molar-refractivity contribution in [1.29, 1.82) is 0 Å². The molecule has 0 unspecified atom stereocenters. The van der Waals surface area contributed by atoms with Gasteiger partial charge < -0.3 is 14.2 Å². The van der Waals surface area contributed by atoms with Gasteiger partial charge in [-0.2, -0.15) is 0 Å². The largest absolute Gasteiger partial charge is 0.459 e. The van der Waals surface area contributed by atoms with Crippen LogP contribution in [0.3, 0.4) is 0 Å². The Morgan fingerprint density at radius 1 is 1.03 bits per heavy atom. The van der Waals surface area contributed by atoms with E-state index in [2.05, 4.69) is 9.71 Å². The van der Waals surface area contributed by atoms with E-state index in [1.165, 1.54) is 12.3 Å². The first-order valence-electron chi connectivity index (χ1n) is 10.1. The fourth-order valence-corrected chi connectivity index (χ4v) is 4.97. The first-order valence-corrected chi connectivity index (χ1v) is 11.6. The normalized spacial score (nSPS) is 19.9. The van der Waals surface area contributed by atoms with E-state index in [4.69, 9.17) is 4.42 Å². The van der Waals surface area contributed by atoms with Gasteiger partial charge in [0.1, 0.15) is 11.9 Å². The first-order chi connectivity index (χ1) is 14.8. The van der Waals surface area contributed by atoms with Crippen LogP contribution in [0.4, 0.5) is 0 Å². The number of benzene rings is 1. The van der Waals surface area contributed by atoms with E-state index in [-0.39, 0.29) is 34.2 Å². The monoisotopic (exact) mass is 444 g/mol. The lowest BCUT2D eigenvalue weighted by atomic mass is 10.0. The van der Waals surface area contributed by atoms with E-state index in [1.807, 2.05) is 13.8 Å². The molecule has 2 amide bonds. The van der Waals surface area contributed by atoms with Crippen molar-refractivity contribution in [1.82, 2.24) is 14.5 Å². The van der Waals surface area contributed by atoms with Crippen LogP contribution in [0.2, 0.25) is 0 Å². The van der Waals surface area contributed by atoms with Crippen molar-refractivity contribution in [3.05, 3.63) is 54.0 Å². The van der Waals surface area contributed by atoms with E-state index < -0.39 is 16.1 Å². The number of furan rings is 1. The molecule has 0 saturated carbocycles. The van der Waals surface area contributed by atoms with Crippen molar-refractivity contribution >= 4 is 27.7 Å². The third-order valence-electron chi connectivity index (χ3n) is 5.43. The second-order valence-electron chi connectivity index (χ2n) is 7.86. The maximum Gasteiger partial charge on any atom is 0.289 e. The fraction of sp³-hybridized carbons (Fsp3) is 0.381. The molecular weight excluding hydrogens is 420 g/mol. The molecule has 3 heterocycles. The van der Waals surface area contributed by atoms with Crippen LogP contribution < -0.4 is 4.72 Å². The van der Waals surface area contributed by atoms with Gasteiger partial charge in [-0.3, -0.25) is 19.3 Å². The molecule has 9 nitrogen and oxygen atoms in total. The molecule has 1 fully saturated rings. The number of fused-ring (bicyclic) bond motifs is 1. The van der Waals surface area contributed by atoms with Gasteiger partial charge in [0.15, 0.2) is 5.76 Å². The van der Waals surface area contributed by atoms with Gasteiger partial charge in [0.25, 0.3) is 15.9 Å². The lowest BCUT2D eigenvalue weighted by Gasteiger charge is -2.36. The Balaban J connectivity index is 1.49. The van der Waals surface area contributed by atoms with Gasteiger partial charge in [0, 0.05) is 31.7 Å². The Morgan fingerprint density at radius 2 is 1.71 bits per heavy atom. The summed E-state index contributed by atoms with van der Waals surface area (Å²) in [5, 5.41) is 0. The number of sulfonamides is 1. The van der Waals surface area contributed by atoms with Crippen molar-refractivity contribution in [2.24, 2.45) is 10.9 Å². The molecular formula is C21H24N4O5S. The third kappa shape index (κ3) is 4.07. The van der Waals surface area contributed by atoms with E-state index in [9.17, 15) is 18.0 Å². The highest BCUT2D eigenvalue weighted by Crippen LogP contribution is 2.24. The van der Waals surface area contributed by atoms with E-state index in [0.29, 0.717) is 31.7 Å². The summed E-state index contributed by atoms with van der Waals surface area (Å²) in [6.45, 7) is 5.28. The summed E-state index contributed by atoms with van der Waals surface area (Å²) < 4.78 is 32.3. The Kier molecular flexibility index (Phi) is 5.57. The van der Waals surface area contributed by atoms with Crippen molar-refractivity contribution in [3.8, 4) is 0 Å². The molecule has 1 atom stereocenters. The lowest BCUT2D eigenvalue weighted by molar-refractivity contribution is -0.134. The second-order valence-corrected chi connectivity index (χ2v) is 9.51. The topological polar surface area (TPSA) is 112 Å². The number of hydrogen-bond donors (Lipinski definition) is 1. The molecule has 0 radical (unpaired) electrons. The van der Waals surface area contributed by atoms with Gasteiger partial charge >= 0.3 is 0 Å². The van der Waals surface area contributed by atoms with Gasteiger partial charge in [-0.1, -0.05) is 26.0 Å². The molecule has 4 rings (SSSR count). The van der Waals surface area contributed by atoms with Crippen molar-refractivity contribution in [2.75, 3.05) is 26.2 Å². The molecule has 2 aliphatic heterocycles. The summed E-state index contributed by atoms with van der Waals surface area (Å²) >= 11 is 0. The molecule has 1 saturated heterocycles. The fourth-order valence-electron chi connectivity index (χ4n) is 3.73. The number of carbonyl (C=O) groups excluding carboxylic acids is 2. The van der Waals surface area contributed by atoms with Crippen LogP contribution in [0.15, 0.2) is 57.0 Å². The molecule has 0 aliphatic carbocycles. The van der Waals surface area contributed by atoms with E-state index >= 15 is 0 Å². The lowest BCUT2D eigenvalue weighted by Crippen LogP contribution is -2.53. The van der Waals surface area contributed by atoms with Crippen LogP contribution in [0.5, 0.6) is 0 Å². The number of rotatable bonds is 4. The Labute approximate surface area is 180 Å².